The Hall–Kier alpha value is -2.97. The van der Waals surface area contributed by atoms with E-state index in [0.29, 0.717) is 39.8 Å². The van der Waals surface area contributed by atoms with E-state index in [4.69, 9.17) is 22.1 Å². The van der Waals surface area contributed by atoms with E-state index in [2.05, 4.69) is 15.4 Å². The zero-order valence-electron chi connectivity index (χ0n) is 17.1. The maximum Gasteiger partial charge on any atom is 0.248 e. The average Bonchev–Trinajstić information content (AvgIpc) is 3.15. The van der Waals surface area contributed by atoms with Gasteiger partial charge < -0.3 is 15.8 Å². The summed E-state index contributed by atoms with van der Waals surface area (Å²) in [7, 11) is 0. The molecule has 0 aliphatic carbocycles. The number of nitrogens with one attached hydrogen (secondary N) is 1. The number of carbonyl (C=O) groups excluding carboxylic acids is 1. The summed E-state index contributed by atoms with van der Waals surface area (Å²) in [6.45, 7) is 4.33. The number of ether oxygens (including phenoxy) is 1. The number of rotatable bonds is 7. The van der Waals surface area contributed by atoms with E-state index in [1.807, 2.05) is 62.4 Å². The van der Waals surface area contributed by atoms with E-state index in [1.54, 1.807) is 4.68 Å². The Morgan fingerprint density at radius 1 is 1.26 bits per heavy atom. The van der Waals surface area contributed by atoms with Crippen LogP contribution < -0.4 is 15.8 Å². The summed E-state index contributed by atoms with van der Waals surface area (Å²) < 4.78 is 7.24. The fourth-order valence-electron chi connectivity index (χ4n) is 3.49. The van der Waals surface area contributed by atoms with Crippen molar-refractivity contribution in [2.45, 2.75) is 30.8 Å². The number of nitrogens with zero attached hydrogens (tertiary/aromatic N) is 3. The Morgan fingerprint density at radius 2 is 2.00 bits per heavy atom. The molecule has 4 rings (SSSR count). The summed E-state index contributed by atoms with van der Waals surface area (Å²) in [5.74, 6) is 1.45. The summed E-state index contributed by atoms with van der Waals surface area (Å²) in [4.78, 5) is 16.9. The van der Waals surface area contributed by atoms with Crippen LogP contribution in [0.1, 0.15) is 31.0 Å². The lowest BCUT2D eigenvalue weighted by atomic mass is 9.95. The number of primary amides is 1. The molecule has 2 heterocycles. The number of benzene rings is 2. The van der Waals surface area contributed by atoms with Crippen molar-refractivity contribution < 1.29 is 9.53 Å². The predicted octanol–water partition coefficient (Wildman–Crippen LogP) is 4.40. The minimum absolute atomic E-state index is 0.448. The van der Waals surface area contributed by atoms with E-state index in [0.717, 1.165) is 16.9 Å². The van der Waals surface area contributed by atoms with E-state index >= 15 is 0 Å². The first-order chi connectivity index (χ1) is 15.0. The lowest BCUT2D eigenvalue weighted by Crippen LogP contribution is -2.31. The molecule has 0 saturated heterocycles. The van der Waals surface area contributed by atoms with Gasteiger partial charge in [0.25, 0.3) is 0 Å². The highest BCUT2D eigenvalue weighted by Gasteiger charge is 2.33. The Bertz CT molecular complexity index is 1140. The maximum absolute atomic E-state index is 12.3. The molecule has 0 saturated carbocycles. The van der Waals surface area contributed by atoms with Crippen LogP contribution in [0.25, 0.3) is 0 Å². The standard InChI is InChI=1S/C22H22ClN5O2S/c1-3-30-16-10-8-14(9-11-16)19-18(20(24)29)13(2)25-21-26-22(27-28(19)21)31-12-15-6-4-5-7-17(15)23/h4-11,19H,3,12H2,1-2H3,(H2,24,29)(H,25,26,27)/t19-/m1/s1. The van der Waals surface area contributed by atoms with Crippen molar-refractivity contribution in [1.29, 1.82) is 0 Å². The highest BCUT2D eigenvalue weighted by Crippen LogP contribution is 2.37. The molecule has 0 bridgehead atoms. The van der Waals surface area contributed by atoms with Gasteiger partial charge >= 0.3 is 0 Å². The van der Waals surface area contributed by atoms with Gasteiger partial charge in [-0.05, 0) is 43.2 Å². The summed E-state index contributed by atoms with van der Waals surface area (Å²) in [6.07, 6.45) is 0. The lowest BCUT2D eigenvalue weighted by Gasteiger charge is -2.27. The fourth-order valence-corrected chi connectivity index (χ4v) is 4.61. The number of fused-ring (bicyclic) bond motifs is 1. The van der Waals surface area contributed by atoms with Crippen molar-refractivity contribution in [1.82, 2.24) is 14.8 Å². The number of amides is 1. The second kappa shape index (κ2) is 9.03. The number of hydrogen-bond donors (Lipinski definition) is 2. The van der Waals surface area contributed by atoms with Crippen LogP contribution in [-0.2, 0) is 10.5 Å². The van der Waals surface area contributed by atoms with Crippen LogP contribution in [0.2, 0.25) is 5.02 Å². The third-order valence-electron chi connectivity index (χ3n) is 4.92. The minimum atomic E-state index is -0.504. The van der Waals surface area contributed by atoms with Gasteiger partial charge in [-0.25, -0.2) is 4.68 Å². The number of aromatic nitrogens is 3. The first-order valence-electron chi connectivity index (χ1n) is 9.81. The molecule has 9 heteroatoms. The van der Waals surface area contributed by atoms with Gasteiger partial charge in [0.15, 0.2) is 0 Å². The van der Waals surface area contributed by atoms with Crippen LogP contribution in [0.5, 0.6) is 5.75 Å². The molecule has 2 aromatic carbocycles. The van der Waals surface area contributed by atoms with Crippen molar-refractivity contribution in [3.63, 3.8) is 0 Å². The molecule has 31 heavy (non-hydrogen) atoms. The van der Waals surface area contributed by atoms with Crippen molar-refractivity contribution in [3.8, 4) is 5.75 Å². The highest BCUT2D eigenvalue weighted by molar-refractivity contribution is 7.98. The minimum Gasteiger partial charge on any atom is -0.494 e. The molecule has 0 fully saturated rings. The predicted molar refractivity (Wildman–Crippen MR) is 122 cm³/mol. The second-order valence-electron chi connectivity index (χ2n) is 6.98. The largest absolute Gasteiger partial charge is 0.494 e. The van der Waals surface area contributed by atoms with Crippen LogP contribution in [0.3, 0.4) is 0 Å². The van der Waals surface area contributed by atoms with E-state index in [9.17, 15) is 4.79 Å². The number of halogens is 1. The van der Waals surface area contributed by atoms with Crippen molar-refractivity contribution in [3.05, 3.63) is 76.0 Å². The van der Waals surface area contributed by atoms with Crippen LogP contribution >= 0.6 is 23.4 Å². The zero-order valence-corrected chi connectivity index (χ0v) is 18.7. The van der Waals surface area contributed by atoms with E-state index < -0.39 is 11.9 Å². The molecule has 1 aliphatic rings. The molecule has 0 spiro atoms. The third-order valence-corrected chi connectivity index (χ3v) is 6.18. The Labute approximate surface area is 189 Å². The zero-order chi connectivity index (χ0) is 22.0. The topological polar surface area (TPSA) is 95.1 Å². The summed E-state index contributed by atoms with van der Waals surface area (Å²) >= 11 is 7.74. The highest BCUT2D eigenvalue weighted by atomic mass is 35.5. The first kappa shape index (κ1) is 21.3. The molecule has 0 radical (unpaired) electrons. The van der Waals surface area contributed by atoms with Gasteiger partial charge in [0.2, 0.25) is 17.0 Å². The van der Waals surface area contributed by atoms with Gasteiger partial charge in [-0.2, -0.15) is 4.98 Å². The van der Waals surface area contributed by atoms with Gasteiger partial charge in [-0.3, -0.25) is 4.79 Å². The molecule has 3 aromatic rings. The number of thioether (sulfide) groups is 1. The molecular weight excluding hydrogens is 434 g/mol. The molecular formula is C22H22ClN5O2S. The third kappa shape index (κ3) is 4.40. The lowest BCUT2D eigenvalue weighted by molar-refractivity contribution is -0.115. The van der Waals surface area contributed by atoms with E-state index in [-0.39, 0.29) is 0 Å². The summed E-state index contributed by atoms with van der Waals surface area (Å²) in [5, 5.41) is 9.11. The van der Waals surface area contributed by atoms with Gasteiger partial charge in [0.05, 0.1) is 12.2 Å². The molecule has 1 aliphatic heterocycles. The molecule has 7 nitrogen and oxygen atoms in total. The Morgan fingerprint density at radius 3 is 2.68 bits per heavy atom. The first-order valence-corrected chi connectivity index (χ1v) is 11.2. The number of anilines is 1. The molecule has 3 N–H and O–H groups in total. The molecule has 160 valence electrons. The van der Waals surface area contributed by atoms with Crippen LogP contribution in [0.4, 0.5) is 5.95 Å². The Kier molecular flexibility index (Phi) is 6.20. The average molecular weight is 456 g/mol. The maximum atomic E-state index is 12.3. The number of allylic oxidation sites excluding steroid dienone is 1. The molecule has 1 amide bonds. The second-order valence-corrected chi connectivity index (χ2v) is 8.32. The SMILES string of the molecule is CCOc1ccc([C@@H]2C(C(N)=O)=C(C)Nc3nc(SCc4ccccc4Cl)nn32)cc1. The van der Waals surface area contributed by atoms with Crippen molar-refractivity contribution in [2.75, 3.05) is 11.9 Å². The summed E-state index contributed by atoms with van der Waals surface area (Å²) in [6, 6.07) is 14.8. The normalized spacial score (nSPS) is 15.4. The van der Waals surface area contributed by atoms with Gasteiger partial charge in [-0.15, -0.1) is 5.10 Å². The molecule has 1 aromatic heterocycles. The fraction of sp³-hybridized carbons (Fsp3) is 0.227. The van der Waals surface area contributed by atoms with Gasteiger partial charge in [-0.1, -0.05) is 53.7 Å². The van der Waals surface area contributed by atoms with Crippen molar-refractivity contribution >= 4 is 35.2 Å². The number of nitrogens with two attached hydrogens (primary N) is 1. The van der Waals surface area contributed by atoms with Crippen molar-refractivity contribution in [2.24, 2.45) is 5.73 Å². The van der Waals surface area contributed by atoms with Gasteiger partial charge in [0, 0.05) is 16.5 Å². The molecule has 0 unspecified atom stereocenters. The van der Waals surface area contributed by atoms with Gasteiger partial charge in [0.1, 0.15) is 11.8 Å². The smallest absolute Gasteiger partial charge is 0.248 e. The van der Waals surface area contributed by atoms with Crippen LogP contribution in [0, 0.1) is 0 Å². The number of carbonyl (C=O) groups is 1. The van der Waals surface area contributed by atoms with Crippen LogP contribution in [0.15, 0.2) is 65.0 Å². The molecule has 1 atom stereocenters. The Balaban J connectivity index is 1.67. The van der Waals surface area contributed by atoms with E-state index in [1.165, 1.54) is 11.8 Å². The summed E-state index contributed by atoms with van der Waals surface area (Å²) in [5.41, 5.74) is 8.72. The van der Waals surface area contributed by atoms with Crippen LogP contribution in [-0.4, -0.2) is 27.3 Å². The number of hydrogen-bond acceptors (Lipinski definition) is 6. The monoisotopic (exact) mass is 455 g/mol. The quantitative estimate of drug-likeness (QED) is 0.513.